The van der Waals surface area contributed by atoms with Gasteiger partial charge in [-0.1, -0.05) is 19.9 Å². The number of nitrogens with zero attached hydrogens (tertiary/aromatic N) is 4. The predicted molar refractivity (Wildman–Crippen MR) is 81.6 cm³/mol. The highest BCUT2D eigenvalue weighted by Gasteiger charge is 2.22. The fourth-order valence-corrected chi connectivity index (χ4v) is 2.52. The Hall–Kier alpha value is -2.41. The number of fused-ring (bicyclic) bond motifs is 1. The summed E-state index contributed by atoms with van der Waals surface area (Å²) in [4.78, 5) is 3.49. The maximum absolute atomic E-state index is 13.7. The van der Waals surface area contributed by atoms with Crippen LogP contribution in [0.4, 0.5) is 8.78 Å². The van der Waals surface area contributed by atoms with Crippen LogP contribution in [0.2, 0.25) is 0 Å². The molecule has 1 unspecified atom stereocenters. The molecule has 0 aromatic carbocycles. The van der Waals surface area contributed by atoms with E-state index in [0.717, 1.165) is 18.0 Å². The van der Waals surface area contributed by atoms with Crippen molar-refractivity contribution in [3.8, 4) is 0 Å². The minimum absolute atomic E-state index is 0.0283. The first kappa shape index (κ1) is 15.5. The normalized spacial score (nSPS) is 12.9. The third-order valence-electron chi connectivity index (χ3n) is 3.74. The Labute approximate surface area is 132 Å². The first-order valence-corrected chi connectivity index (χ1v) is 7.39. The molecule has 23 heavy (non-hydrogen) atoms. The molecule has 0 aliphatic rings. The number of pyridine rings is 2. The van der Waals surface area contributed by atoms with E-state index >= 15 is 0 Å². The monoisotopic (exact) mass is 317 g/mol. The van der Waals surface area contributed by atoms with Crippen LogP contribution in [0, 0.1) is 17.6 Å². The number of rotatable bonds is 5. The lowest BCUT2D eigenvalue weighted by atomic mass is 10.0. The molecule has 0 saturated carbocycles. The minimum Gasteiger partial charge on any atom is -0.303 e. The van der Waals surface area contributed by atoms with Crippen molar-refractivity contribution in [2.45, 2.75) is 26.4 Å². The van der Waals surface area contributed by atoms with Gasteiger partial charge < -0.3 is 5.32 Å². The Kier molecular flexibility index (Phi) is 4.29. The number of hydrogen-bond donors (Lipinski definition) is 1. The van der Waals surface area contributed by atoms with Gasteiger partial charge in [0.25, 0.3) is 0 Å². The highest BCUT2D eigenvalue weighted by molar-refractivity contribution is 5.37. The van der Waals surface area contributed by atoms with E-state index in [-0.39, 0.29) is 24.1 Å². The summed E-state index contributed by atoms with van der Waals surface area (Å²) < 4.78 is 29.3. The van der Waals surface area contributed by atoms with Crippen molar-refractivity contribution < 1.29 is 8.78 Å². The third kappa shape index (κ3) is 3.05. The molecular formula is C16H17F2N5. The lowest BCUT2D eigenvalue weighted by Crippen LogP contribution is -2.28. The molecule has 3 aromatic heterocycles. The summed E-state index contributed by atoms with van der Waals surface area (Å²) in [6, 6.07) is 5.43. The number of halogens is 2. The molecule has 120 valence electrons. The molecule has 0 fully saturated rings. The van der Waals surface area contributed by atoms with E-state index in [0.29, 0.717) is 5.82 Å². The standard InChI is InChI=1S/C16H17F2N5/c1-10(2)15(16-22-21-14-5-3-4-6-23(14)16)20-7-11-12(17)8-19-9-13(11)18/h3-6,8-10,15,20H,7H2,1-2H3. The zero-order valence-corrected chi connectivity index (χ0v) is 12.9. The van der Waals surface area contributed by atoms with Gasteiger partial charge in [-0.2, -0.15) is 0 Å². The van der Waals surface area contributed by atoms with Gasteiger partial charge in [-0.15, -0.1) is 10.2 Å². The minimum atomic E-state index is -0.661. The summed E-state index contributed by atoms with van der Waals surface area (Å²) >= 11 is 0. The lowest BCUT2D eigenvalue weighted by Gasteiger charge is -2.21. The molecule has 0 bridgehead atoms. The molecule has 0 amide bonds. The van der Waals surface area contributed by atoms with Crippen molar-refractivity contribution in [3.05, 3.63) is 59.8 Å². The summed E-state index contributed by atoms with van der Waals surface area (Å²) in [7, 11) is 0. The quantitative estimate of drug-likeness (QED) is 0.786. The molecule has 1 N–H and O–H groups in total. The van der Waals surface area contributed by atoms with Gasteiger partial charge in [0.05, 0.1) is 18.4 Å². The number of aromatic nitrogens is 4. The second-order valence-electron chi connectivity index (χ2n) is 5.67. The molecule has 5 nitrogen and oxygen atoms in total. The van der Waals surface area contributed by atoms with Crippen LogP contribution in [-0.2, 0) is 6.54 Å². The smallest absolute Gasteiger partial charge is 0.160 e. The van der Waals surface area contributed by atoms with Gasteiger partial charge in [0.1, 0.15) is 11.6 Å². The average molecular weight is 317 g/mol. The van der Waals surface area contributed by atoms with Crippen molar-refractivity contribution in [3.63, 3.8) is 0 Å². The molecule has 7 heteroatoms. The summed E-state index contributed by atoms with van der Waals surface area (Å²) in [5.74, 6) is -0.446. The van der Waals surface area contributed by atoms with Crippen LogP contribution in [0.15, 0.2) is 36.8 Å². The van der Waals surface area contributed by atoms with Crippen molar-refractivity contribution >= 4 is 5.65 Å². The van der Waals surface area contributed by atoms with Gasteiger partial charge in [-0.3, -0.25) is 9.38 Å². The van der Waals surface area contributed by atoms with Gasteiger partial charge in [-0.05, 0) is 18.1 Å². The van der Waals surface area contributed by atoms with Gasteiger partial charge in [0, 0.05) is 18.3 Å². The Bertz CT molecular complexity index is 795. The second-order valence-corrected chi connectivity index (χ2v) is 5.67. The highest BCUT2D eigenvalue weighted by atomic mass is 19.1. The van der Waals surface area contributed by atoms with E-state index in [2.05, 4.69) is 20.5 Å². The van der Waals surface area contributed by atoms with Crippen LogP contribution >= 0.6 is 0 Å². The summed E-state index contributed by atoms with van der Waals surface area (Å²) in [5.41, 5.74) is 0.704. The fraction of sp³-hybridized carbons (Fsp3) is 0.312. The maximum Gasteiger partial charge on any atom is 0.160 e. The first-order valence-electron chi connectivity index (χ1n) is 7.39. The average Bonchev–Trinajstić information content (AvgIpc) is 2.94. The van der Waals surface area contributed by atoms with E-state index in [4.69, 9.17) is 0 Å². The molecule has 1 atom stereocenters. The first-order chi connectivity index (χ1) is 11.1. The molecule has 3 rings (SSSR count). The Balaban J connectivity index is 1.88. The molecule has 3 heterocycles. The molecular weight excluding hydrogens is 300 g/mol. The summed E-state index contributed by atoms with van der Waals surface area (Å²) in [5, 5.41) is 11.5. The van der Waals surface area contributed by atoms with E-state index < -0.39 is 11.6 Å². The van der Waals surface area contributed by atoms with E-state index in [1.54, 1.807) is 0 Å². The van der Waals surface area contributed by atoms with Crippen molar-refractivity contribution in [2.75, 3.05) is 0 Å². The Morgan fingerprint density at radius 2 is 1.87 bits per heavy atom. The van der Waals surface area contributed by atoms with Crippen LogP contribution < -0.4 is 5.32 Å². The second kappa shape index (κ2) is 6.37. The van der Waals surface area contributed by atoms with Crippen LogP contribution in [0.3, 0.4) is 0 Å². The van der Waals surface area contributed by atoms with Crippen LogP contribution in [0.5, 0.6) is 0 Å². The molecule has 3 aromatic rings. The zero-order valence-electron chi connectivity index (χ0n) is 12.9. The molecule has 0 saturated heterocycles. The van der Waals surface area contributed by atoms with Gasteiger partial charge >= 0.3 is 0 Å². The van der Waals surface area contributed by atoms with Crippen molar-refractivity contribution in [2.24, 2.45) is 5.92 Å². The SMILES string of the molecule is CC(C)C(NCc1c(F)cncc1F)c1nnc2ccccn12. The molecule has 0 radical (unpaired) electrons. The largest absolute Gasteiger partial charge is 0.303 e. The number of nitrogens with one attached hydrogen (secondary N) is 1. The van der Waals surface area contributed by atoms with Gasteiger partial charge in [-0.25, -0.2) is 8.78 Å². The maximum atomic E-state index is 13.7. The van der Waals surface area contributed by atoms with Crippen molar-refractivity contribution in [1.82, 2.24) is 24.9 Å². The number of hydrogen-bond acceptors (Lipinski definition) is 4. The van der Waals surface area contributed by atoms with Crippen LogP contribution in [0.1, 0.15) is 31.3 Å². The zero-order chi connectivity index (χ0) is 16.4. The molecule has 0 aliphatic heterocycles. The van der Waals surface area contributed by atoms with Crippen LogP contribution in [0.25, 0.3) is 5.65 Å². The topological polar surface area (TPSA) is 55.1 Å². The van der Waals surface area contributed by atoms with E-state index in [1.807, 2.05) is 42.6 Å². The van der Waals surface area contributed by atoms with Crippen molar-refractivity contribution in [1.29, 1.82) is 0 Å². The lowest BCUT2D eigenvalue weighted by molar-refractivity contribution is 0.382. The predicted octanol–water partition coefficient (Wildman–Crippen LogP) is 2.89. The Morgan fingerprint density at radius 1 is 1.13 bits per heavy atom. The fourth-order valence-electron chi connectivity index (χ4n) is 2.52. The molecule has 0 spiro atoms. The molecule has 0 aliphatic carbocycles. The van der Waals surface area contributed by atoms with E-state index in [9.17, 15) is 8.78 Å². The Morgan fingerprint density at radius 3 is 2.57 bits per heavy atom. The van der Waals surface area contributed by atoms with Gasteiger partial charge in [0.2, 0.25) is 0 Å². The summed E-state index contributed by atoms with van der Waals surface area (Å²) in [6.07, 6.45) is 3.89. The summed E-state index contributed by atoms with van der Waals surface area (Å²) in [6.45, 7) is 4.08. The highest BCUT2D eigenvalue weighted by Crippen LogP contribution is 2.22. The van der Waals surface area contributed by atoms with Crippen LogP contribution in [-0.4, -0.2) is 19.6 Å². The van der Waals surface area contributed by atoms with E-state index in [1.165, 1.54) is 0 Å². The third-order valence-corrected chi connectivity index (χ3v) is 3.74. The van der Waals surface area contributed by atoms with Gasteiger partial charge in [0.15, 0.2) is 11.5 Å².